The van der Waals surface area contributed by atoms with Gasteiger partial charge in [0.1, 0.15) is 11.4 Å². The van der Waals surface area contributed by atoms with Gasteiger partial charge >= 0.3 is 11.7 Å². The maximum Gasteiger partial charge on any atom is 0.337 e. The summed E-state index contributed by atoms with van der Waals surface area (Å²) in [7, 11) is 2.35. The summed E-state index contributed by atoms with van der Waals surface area (Å²) in [6.07, 6.45) is 0. The second-order valence-corrected chi connectivity index (χ2v) is 5.18. The van der Waals surface area contributed by atoms with Gasteiger partial charge in [-0.15, -0.1) is 0 Å². The topological polar surface area (TPSA) is 131 Å². The number of anilines is 1. The maximum absolute atomic E-state index is 13.9. The van der Waals surface area contributed by atoms with E-state index in [1.54, 1.807) is 0 Å². The molecule has 11 heteroatoms. The number of nitro groups is 1. The van der Waals surface area contributed by atoms with Crippen LogP contribution in [0.25, 0.3) is 0 Å². The third-order valence-corrected chi connectivity index (χ3v) is 3.68. The minimum absolute atomic E-state index is 0.0176. The monoisotopic (exact) mass is 369 g/mol. The fraction of sp³-hybridized carbons (Fsp3) is 0.333. The van der Waals surface area contributed by atoms with E-state index in [-0.39, 0.29) is 42.4 Å². The van der Waals surface area contributed by atoms with Crippen molar-refractivity contribution in [1.29, 1.82) is 0 Å². The number of amides is 1. The Kier molecular flexibility index (Phi) is 5.72. The van der Waals surface area contributed by atoms with E-state index in [0.717, 1.165) is 19.2 Å². The van der Waals surface area contributed by atoms with Crippen LogP contribution in [0.15, 0.2) is 23.4 Å². The first kappa shape index (κ1) is 19.1. The highest BCUT2D eigenvalue weighted by atomic mass is 19.1. The molecule has 1 aromatic rings. The summed E-state index contributed by atoms with van der Waals surface area (Å²) in [6, 6.07) is 1.65. The number of benzene rings is 1. The number of halogens is 1. The molecule has 0 saturated heterocycles. The highest BCUT2D eigenvalue weighted by molar-refractivity contribution is 6.08. The molecule has 140 valence electrons. The average molecular weight is 369 g/mol. The quantitative estimate of drug-likeness (QED) is 0.401. The van der Waals surface area contributed by atoms with Crippen LogP contribution in [0.5, 0.6) is 5.75 Å². The number of aliphatic hydroxyl groups is 1. The number of rotatable bonds is 7. The molecule has 0 aliphatic carbocycles. The molecule has 0 saturated carbocycles. The van der Waals surface area contributed by atoms with Gasteiger partial charge < -0.3 is 24.8 Å². The Balaban J connectivity index is 2.46. The van der Waals surface area contributed by atoms with Crippen LogP contribution in [0.1, 0.15) is 0 Å². The Morgan fingerprint density at radius 2 is 2.15 bits per heavy atom. The van der Waals surface area contributed by atoms with E-state index in [0.29, 0.717) is 0 Å². The fourth-order valence-corrected chi connectivity index (χ4v) is 2.43. The second kappa shape index (κ2) is 7.78. The Bertz CT molecular complexity index is 794. The molecule has 1 amide bonds. The lowest BCUT2D eigenvalue weighted by atomic mass is 10.2. The van der Waals surface area contributed by atoms with Crippen molar-refractivity contribution in [3.63, 3.8) is 0 Å². The van der Waals surface area contributed by atoms with Crippen LogP contribution in [0.3, 0.4) is 0 Å². The zero-order chi connectivity index (χ0) is 19.4. The number of carbonyl (C=O) groups excluding carboxylic acids is 2. The lowest BCUT2D eigenvalue weighted by molar-refractivity contribution is -0.387. The zero-order valence-electron chi connectivity index (χ0n) is 13.9. The minimum atomic E-state index is -1.14. The number of aliphatic hydroxyl groups excluding tert-OH is 1. The van der Waals surface area contributed by atoms with Crippen LogP contribution in [0.2, 0.25) is 0 Å². The van der Waals surface area contributed by atoms with E-state index in [1.165, 1.54) is 12.0 Å². The molecule has 2 N–H and O–H groups in total. The second-order valence-electron chi connectivity index (χ2n) is 5.18. The molecular formula is C15H16FN3O7. The van der Waals surface area contributed by atoms with Crippen LogP contribution >= 0.6 is 0 Å². The predicted octanol–water partition coefficient (Wildman–Crippen LogP) is 0.416. The highest BCUT2D eigenvalue weighted by Gasteiger charge is 2.35. The molecular weight excluding hydrogens is 353 g/mol. The van der Waals surface area contributed by atoms with Gasteiger partial charge in [-0.2, -0.15) is 4.39 Å². The standard InChI is InChI=1S/C15H16FN3O7/c1-25-12-6-11(19(23)24)9(16)5-10(12)17-13-8(15(22)26-2)7-18(3-4-20)14(13)21/h5-6,17,20H,3-4,7H2,1-2H3. The molecule has 0 spiro atoms. The summed E-state index contributed by atoms with van der Waals surface area (Å²) in [5, 5.41) is 22.4. The SMILES string of the molecule is COC(=O)C1=C(Nc2cc(F)c([N+](=O)[O-])cc2OC)C(=O)N(CCO)C1. The van der Waals surface area contributed by atoms with E-state index < -0.39 is 28.3 Å². The number of nitrogens with one attached hydrogen (secondary N) is 1. The number of esters is 1. The fourth-order valence-electron chi connectivity index (χ4n) is 2.43. The molecule has 1 heterocycles. The number of ether oxygens (including phenoxy) is 2. The molecule has 0 aromatic heterocycles. The minimum Gasteiger partial charge on any atom is -0.494 e. The molecule has 0 atom stereocenters. The van der Waals surface area contributed by atoms with Crippen molar-refractivity contribution < 1.29 is 33.5 Å². The highest BCUT2D eigenvalue weighted by Crippen LogP contribution is 2.34. The van der Waals surface area contributed by atoms with E-state index in [2.05, 4.69) is 10.1 Å². The smallest absolute Gasteiger partial charge is 0.337 e. The summed E-state index contributed by atoms with van der Waals surface area (Å²) in [5.74, 6) is -2.62. The Morgan fingerprint density at radius 1 is 1.46 bits per heavy atom. The molecule has 0 unspecified atom stereocenters. The van der Waals surface area contributed by atoms with Crippen molar-refractivity contribution in [2.45, 2.75) is 0 Å². The predicted molar refractivity (Wildman–Crippen MR) is 85.9 cm³/mol. The summed E-state index contributed by atoms with van der Waals surface area (Å²) >= 11 is 0. The van der Waals surface area contributed by atoms with E-state index in [4.69, 9.17) is 9.84 Å². The summed E-state index contributed by atoms with van der Waals surface area (Å²) in [5.41, 5.74) is -1.08. The van der Waals surface area contributed by atoms with Crippen LogP contribution in [-0.4, -0.2) is 60.7 Å². The molecule has 1 aromatic carbocycles. The first-order valence-electron chi connectivity index (χ1n) is 7.34. The van der Waals surface area contributed by atoms with Gasteiger partial charge in [0.05, 0.1) is 49.6 Å². The Hall–Kier alpha value is -3.21. The lowest BCUT2D eigenvalue weighted by Gasteiger charge is -2.15. The summed E-state index contributed by atoms with van der Waals surface area (Å²) in [4.78, 5) is 35.5. The van der Waals surface area contributed by atoms with Gasteiger partial charge in [0.2, 0.25) is 5.82 Å². The summed E-state index contributed by atoms with van der Waals surface area (Å²) < 4.78 is 23.6. The van der Waals surface area contributed by atoms with Crippen molar-refractivity contribution in [3.8, 4) is 5.75 Å². The number of carbonyl (C=O) groups is 2. The Morgan fingerprint density at radius 3 is 2.69 bits per heavy atom. The van der Waals surface area contributed by atoms with Crippen molar-refractivity contribution in [3.05, 3.63) is 39.3 Å². The number of nitro benzene ring substituents is 1. The van der Waals surface area contributed by atoms with Crippen molar-refractivity contribution in [1.82, 2.24) is 4.90 Å². The normalized spacial score (nSPS) is 13.8. The Labute approximate surface area is 146 Å². The molecule has 0 radical (unpaired) electrons. The molecule has 26 heavy (non-hydrogen) atoms. The number of nitrogens with zero attached hydrogens (tertiary/aromatic N) is 2. The van der Waals surface area contributed by atoms with Crippen LogP contribution in [0, 0.1) is 15.9 Å². The van der Waals surface area contributed by atoms with Gasteiger partial charge in [0, 0.05) is 12.6 Å². The maximum atomic E-state index is 13.9. The van der Waals surface area contributed by atoms with Crippen molar-refractivity contribution >= 4 is 23.3 Å². The lowest BCUT2D eigenvalue weighted by Crippen LogP contribution is -2.31. The van der Waals surface area contributed by atoms with E-state index >= 15 is 0 Å². The number of hydrogen-bond donors (Lipinski definition) is 2. The van der Waals surface area contributed by atoms with Crippen LogP contribution in [0.4, 0.5) is 15.8 Å². The average Bonchev–Trinajstić information content (AvgIpc) is 2.91. The molecule has 1 aliphatic heterocycles. The van der Waals surface area contributed by atoms with Gasteiger partial charge in [-0.3, -0.25) is 14.9 Å². The molecule has 2 rings (SSSR count). The van der Waals surface area contributed by atoms with Crippen molar-refractivity contribution in [2.75, 3.05) is 39.2 Å². The number of hydrogen-bond acceptors (Lipinski definition) is 8. The van der Waals surface area contributed by atoms with Gasteiger partial charge in [-0.05, 0) is 0 Å². The third kappa shape index (κ3) is 3.57. The zero-order valence-corrected chi connectivity index (χ0v) is 13.9. The van der Waals surface area contributed by atoms with Gasteiger partial charge in [-0.1, -0.05) is 0 Å². The van der Waals surface area contributed by atoms with Gasteiger partial charge in [0.15, 0.2) is 0 Å². The third-order valence-electron chi connectivity index (χ3n) is 3.68. The first-order chi connectivity index (χ1) is 12.3. The molecule has 0 fully saturated rings. The molecule has 0 bridgehead atoms. The van der Waals surface area contributed by atoms with Crippen LogP contribution in [-0.2, 0) is 14.3 Å². The van der Waals surface area contributed by atoms with Gasteiger partial charge in [0.25, 0.3) is 5.91 Å². The van der Waals surface area contributed by atoms with E-state index in [9.17, 15) is 24.1 Å². The molecule has 1 aliphatic rings. The largest absolute Gasteiger partial charge is 0.494 e. The van der Waals surface area contributed by atoms with E-state index in [1.807, 2.05) is 0 Å². The van der Waals surface area contributed by atoms with Crippen LogP contribution < -0.4 is 10.1 Å². The van der Waals surface area contributed by atoms with Crippen molar-refractivity contribution in [2.24, 2.45) is 0 Å². The number of methoxy groups -OCH3 is 2. The first-order valence-corrected chi connectivity index (χ1v) is 7.34. The number of β-amino-alcohol motifs (C(OH)–C–C–N with tert-alkyl or cyclic N) is 1. The van der Waals surface area contributed by atoms with Gasteiger partial charge in [-0.25, -0.2) is 4.79 Å². The molecule has 10 nitrogen and oxygen atoms in total. The summed E-state index contributed by atoms with van der Waals surface area (Å²) in [6.45, 7) is -0.439.